The van der Waals surface area contributed by atoms with E-state index in [9.17, 15) is 18.0 Å². The van der Waals surface area contributed by atoms with Gasteiger partial charge in [0.25, 0.3) is 0 Å². The molecule has 1 aliphatic heterocycles. The van der Waals surface area contributed by atoms with Crippen molar-refractivity contribution in [1.82, 2.24) is 9.80 Å². The van der Waals surface area contributed by atoms with Crippen LogP contribution >= 0.6 is 0 Å². The van der Waals surface area contributed by atoms with E-state index in [4.69, 9.17) is 4.74 Å². The Bertz CT molecular complexity index is 827. The monoisotopic (exact) mass is 420 g/mol. The molecule has 0 N–H and O–H groups in total. The first kappa shape index (κ1) is 22.2. The number of nitrogens with zero attached hydrogens (tertiary/aromatic N) is 2. The topological polar surface area (TPSA) is 32.8 Å². The number of hydrogen-bond donors (Lipinski definition) is 0. The number of benzene rings is 2. The molecule has 3 rings (SSSR count). The molecule has 0 spiro atoms. The van der Waals surface area contributed by atoms with E-state index in [1.165, 1.54) is 12.1 Å². The Morgan fingerprint density at radius 3 is 2.13 bits per heavy atom. The molecule has 2 aromatic rings. The van der Waals surface area contributed by atoms with E-state index in [-0.39, 0.29) is 18.4 Å². The summed E-state index contributed by atoms with van der Waals surface area (Å²) in [7, 11) is 3.67. The third kappa shape index (κ3) is 5.75. The summed E-state index contributed by atoms with van der Waals surface area (Å²) in [6, 6.07) is 12.6. The summed E-state index contributed by atoms with van der Waals surface area (Å²) in [6.45, 7) is 2.30. The number of ether oxygens (including phenoxy) is 1. The summed E-state index contributed by atoms with van der Waals surface area (Å²) in [5.74, 6) is 0.681. The molecule has 0 bridgehead atoms. The maximum Gasteiger partial charge on any atom is 0.416 e. The van der Waals surface area contributed by atoms with Gasteiger partial charge in [0.05, 0.1) is 19.1 Å². The molecule has 1 fully saturated rings. The Kier molecular flexibility index (Phi) is 7.02. The van der Waals surface area contributed by atoms with Crippen LogP contribution in [-0.4, -0.2) is 49.0 Å². The van der Waals surface area contributed by atoms with Crippen molar-refractivity contribution in [1.29, 1.82) is 0 Å². The molecular formula is C23H27F3N2O2. The highest BCUT2D eigenvalue weighted by Crippen LogP contribution is 2.29. The lowest BCUT2D eigenvalue weighted by molar-refractivity contribution is -0.137. The third-order valence-corrected chi connectivity index (χ3v) is 5.60. The quantitative estimate of drug-likeness (QED) is 0.695. The van der Waals surface area contributed by atoms with Crippen molar-refractivity contribution in [2.45, 2.75) is 38.0 Å². The molecule has 0 atom stereocenters. The predicted octanol–water partition coefficient (Wildman–Crippen LogP) is 4.38. The molecule has 0 unspecified atom stereocenters. The van der Waals surface area contributed by atoms with Crippen LogP contribution in [0.15, 0.2) is 48.5 Å². The molecule has 0 radical (unpaired) electrons. The van der Waals surface area contributed by atoms with Gasteiger partial charge >= 0.3 is 6.18 Å². The van der Waals surface area contributed by atoms with Crippen LogP contribution in [0.4, 0.5) is 13.2 Å². The van der Waals surface area contributed by atoms with Crippen molar-refractivity contribution in [3.8, 4) is 5.75 Å². The highest BCUT2D eigenvalue weighted by molar-refractivity contribution is 5.79. The van der Waals surface area contributed by atoms with Crippen molar-refractivity contribution in [2.24, 2.45) is 0 Å². The summed E-state index contributed by atoms with van der Waals surface area (Å²) in [6.07, 6.45) is -2.53. The van der Waals surface area contributed by atoms with E-state index in [1.807, 2.05) is 29.2 Å². The largest absolute Gasteiger partial charge is 0.497 e. The third-order valence-electron chi connectivity index (χ3n) is 5.60. The van der Waals surface area contributed by atoms with Gasteiger partial charge in [-0.2, -0.15) is 13.2 Å². The maximum absolute atomic E-state index is 13.2. The Labute approximate surface area is 175 Å². The molecule has 0 saturated carbocycles. The molecular weight excluding hydrogens is 393 g/mol. The summed E-state index contributed by atoms with van der Waals surface area (Å²) >= 11 is 0. The molecule has 1 heterocycles. The number of hydrogen-bond acceptors (Lipinski definition) is 3. The number of carbonyl (C=O) groups is 1. The minimum Gasteiger partial charge on any atom is -0.497 e. The second kappa shape index (κ2) is 9.51. The van der Waals surface area contributed by atoms with E-state index in [1.54, 1.807) is 7.11 Å². The van der Waals surface area contributed by atoms with Crippen molar-refractivity contribution < 1.29 is 22.7 Å². The van der Waals surface area contributed by atoms with E-state index >= 15 is 0 Å². The van der Waals surface area contributed by atoms with Crippen LogP contribution in [0.5, 0.6) is 5.75 Å². The molecule has 4 nitrogen and oxygen atoms in total. The van der Waals surface area contributed by atoms with Crippen molar-refractivity contribution in [3.63, 3.8) is 0 Å². The Morgan fingerprint density at radius 1 is 1.03 bits per heavy atom. The average Bonchev–Trinajstić information content (AvgIpc) is 2.73. The van der Waals surface area contributed by atoms with Crippen LogP contribution in [0.3, 0.4) is 0 Å². The van der Waals surface area contributed by atoms with Crippen molar-refractivity contribution >= 4 is 5.91 Å². The number of likely N-dealkylation sites (tertiary alicyclic amines) is 1. The van der Waals surface area contributed by atoms with Gasteiger partial charge in [0.2, 0.25) is 5.91 Å². The fraction of sp³-hybridized carbons (Fsp3) is 0.435. The van der Waals surface area contributed by atoms with Crippen molar-refractivity contribution in [3.05, 3.63) is 65.2 Å². The molecule has 1 saturated heterocycles. The normalized spacial score (nSPS) is 15.8. The van der Waals surface area contributed by atoms with Crippen LogP contribution in [-0.2, 0) is 23.9 Å². The second-order valence-electron chi connectivity index (χ2n) is 7.78. The Balaban J connectivity index is 1.75. The number of methoxy groups -OCH3 is 1. The fourth-order valence-electron chi connectivity index (χ4n) is 3.74. The first-order chi connectivity index (χ1) is 14.3. The van der Waals surface area contributed by atoms with Crippen LogP contribution in [0.25, 0.3) is 0 Å². The number of halogens is 3. The lowest BCUT2D eigenvalue weighted by Crippen LogP contribution is -2.46. The van der Waals surface area contributed by atoms with Gasteiger partial charge in [-0.25, -0.2) is 0 Å². The van der Waals surface area contributed by atoms with E-state index in [0.717, 1.165) is 49.4 Å². The molecule has 2 aromatic carbocycles. The number of piperidine rings is 1. The smallest absolute Gasteiger partial charge is 0.416 e. The number of carbonyl (C=O) groups excluding carboxylic acids is 1. The van der Waals surface area contributed by atoms with Gasteiger partial charge in [-0.05, 0) is 68.4 Å². The molecule has 0 aromatic heterocycles. The molecule has 30 heavy (non-hydrogen) atoms. The average molecular weight is 420 g/mol. The Hall–Kier alpha value is -2.54. The molecule has 1 amide bonds. The highest BCUT2D eigenvalue weighted by Gasteiger charge is 2.30. The first-order valence-electron chi connectivity index (χ1n) is 10.0. The zero-order valence-electron chi connectivity index (χ0n) is 17.3. The van der Waals surface area contributed by atoms with Gasteiger partial charge in [-0.3, -0.25) is 4.79 Å². The summed E-state index contributed by atoms with van der Waals surface area (Å²) in [5, 5.41) is 0. The Morgan fingerprint density at radius 2 is 1.60 bits per heavy atom. The number of alkyl halides is 3. The van der Waals surface area contributed by atoms with E-state index in [2.05, 4.69) is 11.9 Å². The summed E-state index contributed by atoms with van der Waals surface area (Å²) in [4.78, 5) is 17.3. The number of rotatable bonds is 6. The highest BCUT2D eigenvalue weighted by atomic mass is 19.4. The number of amides is 1. The van der Waals surface area contributed by atoms with Gasteiger partial charge in [-0.15, -0.1) is 0 Å². The lowest BCUT2D eigenvalue weighted by Gasteiger charge is -2.37. The SMILES string of the molecule is COc1ccc(CN(C(=O)Cc2ccc(C(F)(F)F)cc2)C2CCN(C)CC2)cc1. The van der Waals surface area contributed by atoms with Crippen LogP contribution < -0.4 is 4.74 Å². The molecule has 162 valence electrons. The lowest BCUT2D eigenvalue weighted by atomic mass is 10.0. The van der Waals surface area contributed by atoms with Gasteiger partial charge in [-0.1, -0.05) is 24.3 Å². The van der Waals surface area contributed by atoms with E-state index in [0.29, 0.717) is 12.1 Å². The zero-order chi connectivity index (χ0) is 21.7. The van der Waals surface area contributed by atoms with E-state index < -0.39 is 11.7 Å². The summed E-state index contributed by atoms with van der Waals surface area (Å²) < 4.78 is 43.6. The standard InChI is InChI=1S/C23H27F3N2O2/c1-27-13-11-20(12-14-27)28(16-18-5-9-21(30-2)10-6-18)22(29)15-17-3-7-19(8-4-17)23(24,25)26/h3-10,20H,11-16H2,1-2H3. The minimum atomic E-state index is -4.38. The maximum atomic E-state index is 13.2. The van der Waals surface area contributed by atoms with Gasteiger partial charge < -0.3 is 14.5 Å². The summed E-state index contributed by atoms with van der Waals surface area (Å²) in [5.41, 5.74) is 0.875. The van der Waals surface area contributed by atoms with Crippen LogP contribution in [0, 0.1) is 0 Å². The van der Waals surface area contributed by atoms with Gasteiger partial charge in [0, 0.05) is 12.6 Å². The second-order valence-corrected chi connectivity index (χ2v) is 7.78. The molecule has 0 aliphatic carbocycles. The van der Waals surface area contributed by atoms with Gasteiger partial charge in [0.15, 0.2) is 0 Å². The predicted molar refractivity (Wildman–Crippen MR) is 109 cm³/mol. The zero-order valence-corrected chi connectivity index (χ0v) is 17.3. The molecule has 1 aliphatic rings. The van der Waals surface area contributed by atoms with Crippen LogP contribution in [0.2, 0.25) is 0 Å². The fourth-order valence-corrected chi connectivity index (χ4v) is 3.74. The van der Waals surface area contributed by atoms with Gasteiger partial charge in [0.1, 0.15) is 5.75 Å². The van der Waals surface area contributed by atoms with Crippen LogP contribution in [0.1, 0.15) is 29.5 Å². The molecule has 7 heteroatoms. The first-order valence-corrected chi connectivity index (χ1v) is 10.0. The minimum absolute atomic E-state index is 0.0693. The van der Waals surface area contributed by atoms with Crippen molar-refractivity contribution in [2.75, 3.05) is 27.2 Å².